The quantitative estimate of drug-likeness (QED) is 0.809. The third-order valence-electron chi connectivity index (χ3n) is 3.27. The van der Waals surface area contributed by atoms with E-state index in [1.165, 1.54) is 5.56 Å². The SMILES string of the molecule is CCNC(C)c1ccc(Oc2ccccc2C)cc1Br. The van der Waals surface area contributed by atoms with Gasteiger partial charge in [0.1, 0.15) is 11.5 Å². The van der Waals surface area contributed by atoms with Gasteiger partial charge in [0.15, 0.2) is 0 Å². The van der Waals surface area contributed by atoms with Crippen LogP contribution in [-0.2, 0) is 0 Å². The molecule has 0 heterocycles. The molecule has 1 atom stereocenters. The maximum absolute atomic E-state index is 5.93. The van der Waals surface area contributed by atoms with Gasteiger partial charge in [-0.3, -0.25) is 0 Å². The van der Waals surface area contributed by atoms with Crippen LogP contribution in [0.3, 0.4) is 0 Å². The van der Waals surface area contributed by atoms with Crippen LogP contribution >= 0.6 is 15.9 Å². The molecule has 0 spiro atoms. The Bertz CT molecular complexity index is 583. The number of benzene rings is 2. The van der Waals surface area contributed by atoms with Crippen LogP contribution in [-0.4, -0.2) is 6.54 Å². The highest BCUT2D eigenvalue weighted by Crippen LogP contribution is 2.31. The summed E-state index contributed by atoms with van der Waals surface area (Å²) in [6.45, 7) is 7.27. The van der Waals surface area contributed by atoms with Gasteiger partial charge in [0.05, 0.1) is 0 Å². The third-order valence-corrected chi connectivity index (χ3v) is 3.96. The van der Waals surface area contributed by atoms with E-state index in [0.29, 0.717) is 6.04 Å². The molecule has 0 aliphatic carbocycles. The van der Waals surface area contributed by atoms with E-state index in [-0.39, 0.29) is 0 Å². The molecule has 106 valence electrons. The standard InChI is InChI=1S/C17H20BrNO/c1-4-19-13(3)15-10-9-14(11-16(15)18)20-17-8-6-5-7-12(17)2/h5-11,13,19H,4H2,1-3H3. The molecule has 0 radical (unpaired) electrons. The third kappa shape index (κ3) is 3.62. The van der Waals surface area contributed by atoms with Crippen LogP contribution < -0.4 is 10.1 Å². The highest BCUT2D eigenvalue weighted by Gasteiger charge is 2.09. The average molecular weight is 334 g/mol. The van der Waals surface area contributed by atoms with Crippen molar-refractivity contribution in [2.75, 3.05) is 6.54 Å². The largest absolute Gasteiger partial charge is 0.457 e. The zero-order valence-corrected chi connectivity index (χ0v) is 13.7. The number of nitrogens with one attached hydrogen (secondary N) is 1. The maximum Gasteiger partial charge on any atom is 0.130 e. The minimum atomic E-state index is 0.321. The maximum atomic E-state index is 5.93. The monoisotopic (exact) mass is 333 g/mol. The number of para-hydroxylation sites is 1. The van der Waals surface area contributed by atoms with E-state index in [9.17, 15) is 0 Å². The first kappa shape index (κ1) is 15.1. The highest BCUT2D eigenvalue weighted by atomic mass is 79.9. The van der Waals surface area contributed by atoms with Gasteiger partial charge in [-0.25, -0.2) is 0 Å². The number of hydrogen-bond donors (Lipinski definition) is 1. The summed E-state index contributed by atoms with van der Waals surface area (Å²) in [6.07, 6.45) is 0. The van der Waals surface area contributed by atoms with E-state index in [0.717, 1.165) is 28.1 Å². The molecule has 0 amide bonds. The van der Waals surface area contributed by atoms with Gasteiger partial charge in [-0.05, 0) is 49.7 Å². The van der Waals surface area contributed by atoms with Gasteiger partial charge in [0, 0.05) is 10.5 Å². The summed E-state index contributed by atoms with van der Waals surface area (Å²) in [5.74, 6) is 1.74. The molecule has 0 saturated carbocycles. The first-order chi connectivity index (χ1) is 9.61. The minimum Gasteiger partial charge on any atom is -0.457 e. The predicted octanol–water partition coefficient (Wildman–Crippen LogP) is 5.22. The number of ether oxygens (including phenoxy) is 1. The second-order valence-electron chi connectivity index (χ2n) is 4.83. The highest BCUT2D eigenvalue weighted by molar-refractivity contribution is 9.10. The lowest BCUT2D eigenvalue weighted by atomic mass is 10.1. The van der Waals surface area contributed by atoms with Gasteiger partial charge >= 0.3 is 0 Å². The molecule has 2 rings (SSSR count). The fourth-order valence-corrected chi connectivity index (χ4v) is 2.84. The summed E-state index contributed by atoms with van der Waals surface area (Å²) in [5.41, 5.74) is 2.37. The zero-order valence-electron chi connectivity index (χ0n) is 12.1. The van der Waals surface area contributed by atoms with Crippen molar-refractivity contribution in [3.63, 3.8) is 0 Å². The van der Waals surface area contributed by atoms with Crippen molar-refractivity contribution in [2.45, 2.75) is 26.8 Å². The van der Waals surface area contributed by atoms with Gasteiger partial charge in [0.2, 0.25) is 0 Å². The lowest BCUT2D eigenvalue weighted by Gasteiger charge is -2.16. The molecule has 1 N–H and O–H groups in total. The van der Waals surface area contributed by atoms with E-state index in [2.05, 4.69) is 41.2 Å². The van der Waals surface area contributed by atoms with Crippen molar-refractivity contribution in [1.29, 1.82) is 0 Å². The summed E-state index contributed by atoms with van der Waals surface area (Å²) in [5, 5.41) is 3.41. The van der Waals surface area contributed by atoms with E-state index in [1.54, 1.807) is 0 Å². The number of halogens is 1. The molecule has 2 aromatic carbocycles. The van der Waals surface area contributed by atoms with Gasteiger partial charge in [-0.2, -0.15) is 0 Å². The number of hydrogen-bond acceptors (Lipinski definition) is 2. The normalized spacial score (nSPS) is 12.2. The fraction of sp³-hybridized carbons (Fsp3) is 0.294. The number of aryl methyl sites for hydroxylation is 1. The smallest absolute Gasteiger partial charge is 0.130 e. The van der Waals surface area contributed by atoms with Crippen molar-refractivity contribution in [3.8, 4) is 11.5 Å². The first-order valence-corrected chi connectivity index (χ1v) is 7.67. The van der Waals surface area contributed by atoms with Crippen molar-refractivity contribution in [1.82, 2.24) is 5.32 Å². The van der Waals surface area contributed by atoms with Crippen LogP contribution in [0.25, 0.3) is 0 Å². The minimum absolute atomic E-state index is 0.321. The molecule has 0 bridgehead atoms. The zero-order chi connectivity index (χ0) is 14.5. The first-order valence-electron chi connectivity index (χ1n) is 6.88. The second kappa shape index (κ2) is 6.91. The van der Waals surface area contributed by atoms with E-state index in [1.807, 2.05) is 43.3 Å². The van der Waals surface area contributed by atoms with Crippen molar-refractivity contribution in [3.05, 3.63) is 58.1 Å². The Morgan fingerprint density at radius 2 is 1.95 bits per heavy atom. The number of rotatable bonds is 5. The van der Waals surface area contributed by atoms with Crippen molar-refractivity contribution >= 4 is 15.9 Å². The van der Waals surface area contributed by atoms with Gasteiger partial charge < -0.3 is 10.1 Å². The summed E-state index contributed by atoms with van der Waals surface area (Å²) < 4.78 is 7.00. The van der Waals surface area contributed by atoms with Crippen LogP contribution in [0, 0.1) is 6.92 Å². The molecule has 3 heteroatoms. The Morgan fingerprint density at radius 3 is 2.60 bits per heavy atom. The Kier molecular flexibility index (Phi) is 5.21. The molecule has 0 aliphatic heterocycles. The molecular formula is C17H20BrNO. The molecule has 0 fully saturated rings. The summed E-state index contributed by atoms with van der Waals surface area (Å²) in [7, 11) is 0. The van der Waals surface area contributed by atoms with E-state index in [4.69, 9.17) is 4.74 Å². The van der Waals surface area contributed by atoms with Crippen molar-refractivity contribution in [2.24, 2.45) is 0 Å². The van der Waals surface area contributed by atoms with Crippen LogP contribution in [0.15, 0.2) is 46.9 Å². The van der Waals surface area contributed by atoms with Crippen LogP contribution in [0.1, 0.15) is 31.0 Å². The fourth-order valence-electron chi connectivity index (χ4n) is 2.14. The summed E-state index contributed by atoms with van der Waals surface area (Å²) in [6, 6.07) is 14.5. The van der Waals surface area contributed by atoms with E-state index < -0.39 is 0 Å². The van der Waals surface area contributed by atoms with Crippen molar-refractivity contribution < 1.29 is 4.74 Å². The molecular weight excluding hydrogens is 314 g/mol. The Balaban J connectivity index is 2.19. The molecule has 2 nitrogen and oxygen atoms in total. The summed E-state index contributed by atoms with van der Waals surface area (Å²) in [4.78, 5) is 0. The molecule has 0 aromatic heterocycles. The van der Waals surface area contributed by atoms with Crippen LogP contribution in [0.2, 0.25) is 0 Å². The molecule has 0 saturated heterocycles. The molecule has 20 heavy (non-hydrogen) atoms. The van der Waals surface area contributed by atoms with Crippen LogP contribution in [0.4, 0.5) is 0 Å². The van der Waals surface area contributed by atoms with Gasteiger partial charge in [-0.1, -0.05) is 47.1 Å². The van der Waals surface area contributed by atoms with E-state index >= 15 is 0 Å². The molecule has 0 aliphatic rings. The Hall–Kier alpha value is -1.32. The lowest BCUT2D eigenvalue weighted by Crippen LogP contribution is -2.17. The average Bonchev–Trinajstić information content (AvgIpc) is 2.42. The lowest BCUT2D eigenvalue weighted by molar-refractivity contribution is 0.477. The van der Waals surface area contributed by atoms with Gasteiger partial charge in [0.25, 0.3) is 0 Å². The van der Waals surface area contributed by atoms with Crippen LogP contribution in [0.5, 0.6) is 11.5 Å². The second-order valence-corrected chi connectivity index (χ2v) is 5.68. The Labute approximate surface area is 129 Å². The molecule has 1 unspecified atom stereocenters. The topological polar surface area (TPSA) is 21.3 Å². The van der Waals surface area contributed by atoms with Gasteiger partial charge in [-0.15, -0.1) is 0 Å². The predicted molar refractivity (Wildman–Crippen MR) is 87.5 cm³/mol. The molecule has 2 aromatic rings. The summed E-state index contributed by atoms with van der Waals surface area (Å²) >= 11 is 3.63. The Morgan fingerprint density at radius 1 is 1.20 bits per heavy atom.